The van der Waals surface area contributed by atoms with Crippen LogP contribution in [0.3, 0.4) is 0 Å². The van der Waals surface area contributed by atoms with Gasteiger partial charge in [0.1, 0.15) is 17.9 Å². The van der Waals surface area contributed by atoms with Gasteiger partial charge in [0.15, 0.2) is 11.6 Å². The molecule has 5 nitrogen and oxygen atoms in total. The van der Waals surface area contributed by atoms with E-state index in [1.54, 1.807) is 24.3 Å². The number of hydrogen-bond donors (Lipinski definition) is 1. The van der Waals surface area contributed by atoms with Gasteiger partial charge in [-0.2, -0.15) is 5.26 Å². The molecule has 0 aliphatic heterocycles. The lowest BCUT2D eigenvalue weighted by Gasteiger charge is -2.24. The van der Waals surface area contributed by atoms with Gasteiger partial charge < -0.3 is 14.8 Å². The molecule has 0 aromatic heterocycles. The first-order valence-electron chi connectivity index (χ1n) is 10.3. The molecule has 0 saturated carbocycles. The van der Waals surface area contributed by atoms with Gasteiger partial charge in [0.05, 0.1) is 0 Å². The van der Waals surface area contributed by atoms with E-state index in [1.165, 1.54) is 18.2 Å². The fourth-order valence-corrected chi connectivity index (χ4v) is 3.14. The van der Waals surface area contributed by atoms with Crippen molar-refractivity contribution in [2.24, 2.45) is 5.92 Å². The third-order valence-electron chi connectivity index (χ3n) is 4.96. The second-order valence-electron chi connectivity index (χ2n) is 7.73. The predicted octanol–water partition coefficient (Wildman–Crippen LogP) is 6.17. The van der Waals surface area contributed by atoms with Crippen LogP contribution in [0.5, 0.6) is 11.5 Å². The summed E-state index contributed by atoms with van der Waals surface area (Å²) in [6.45, 7) is 5.72. The number of para-hydroxylation sites is 2. The van der Waals surface area contributed by atoms with Crippen LogP contribution < -0.4 is 10.1 Å². The molecule has 0 saturated heterocycles. The number of hydrogen-bond acceptors (Lipinski definition) is 5. The second kappa shape index (κ2) is 10.5. The van der Waals surface area contributed by atoms with Gasteiger partial charge in [-0.25, -0.2) is 9.18 Å². The van der Waals surface area contributed by atoms with Gasteiger partial charge in [0.25, 0.3) is 0 Å². The molecule has 2 unspecified atom stereocenters. The molecule has 0 bridgehead atoms. The number of aryl methyl sites for hydroxylation is 1. The molecule has 32 heavy (non-hydrogen) atoms. The molecular weight excluding hydrogens is 407 g/mol. The first kappa shape index (κ1) is 22.8. The molecule has 1 N–H and O–H groups in total. The Kier molecular flexibility index (Phi) is 7.45. The summed E-state index contributed by atoms with van der Waals surface area (Å²) >= 11 is 0. The number of benzene rings is 3. The third kappa shape index (κ3) is 5.64. The van der Waals surface area contributed by atoms with Crippen LogP contribution >= 0.6 is 0 Å². The van der Waals surface area contributed by atoms with Crippen molar-refractivity contribution in [1.82, 2.24) is 0 Å². The van der Waals surface area contributed by atoms with Crippen molar-refractivity contribution < 1.29 is 18.7 Å². The van der Waals surface area contributed by atoms with Crippen LogP contribution in [0.2, 0.25) is 0 Å². The van der Waals surface area contributed by atoms with Crippen LogP contribution in [0, 0.1) is 30.0 Å². The highest BCUT2D eigenvalue weighted by atomic mass is 19.1. The zero-order chi connectivity index (χ0) is 23.1. The molecule has 0 fully saturated rings. The fraction of sp³-hybridized carbons (Fsp3) is 0.231. The molecule has 3 aromatic rings. The number of anilines is 1. The van der Waals surface area contributed by atoms with Crippen LogP contribution in [-0.2, 0) is 9.53 Å². The third-order valence-corrected chi connectivity index (χ3v) is 4.96. The largest absolute Gasteiger partial charge is 0.454 e. The highest BCUT2D eigenvalue weighted by Crippen LogP contribution is 2.29. The summed E-state index contributed by atoms with van der Waals surface area (Å²) < 4.78 is 25.4. The zero-order valence-corrected chi connectivity index (χ0v) is 18.2. The molecule has 164 valence electrons. The lowest BCUT2D eigenvalue weighted by molar-refractivity contribution is -0.148. The van der Waals surface area contributed by atoms with Crippen molar-refractivity contribution in [3.05, 3.63) is 89.7 Å². The summed E-state index contributed by atoms with van der Waals surface area (Å²) in [6.07, 6.45) is -1.21. The van der Waals surface area contributed by atoms with Crippen molar-refractivity contribution >= 4 is 11.7 Å². The first-order valence-corrected chi connectivity index (χ1v) is 10.3. The molecule has 0 aliphatic rings. The Morgan fingerprint density at radius 1 is 1.03 bits per heavy atom. The Bertz CT molecular complexity index is 1110. The summed E-state index contributed by atoms with van der Waals surface area (Å²) in [5.41, 5.74) is 2.13. The number of halogens is 1. The van der Waals surface area contributed by atoms with E-state index in [0.29, 0.717) is 11.3 Å². The maximum Gasteiger partial charge on any atom is 0.330 e. The van der Waals surface area contributed by atoms with Crippen LogP contribution in [0.4, 0.5) is 10.1 Å². The lowest BCUT2D eigenvalue weighted by Crippen LogP contribution is -2.37. The van der Waals surface area contributed by atoms with E-state index in [4.69, 9.17) is 9.47 Å². The van der Waals surface area contributed by atoms with Gasteiger partial charge in [-0.1, -0.05) is 56.3 Å². The minimum atomic E-state index is -1.21. The number of rotatable bonds is 8. The van der Waals surface area contributed by atoms with E-state index in [9.17, 15) is 14.4 Å². The van der Waals surface area contributed by atoms with E-state index in [-0.39, 0.29) is 11.7 Å². The van der Waals surface area contributed by atoms with Crippen LogP contribution in [-0.4, -0.2) is 12.0 Å². The lowest BCUT2D eigenvalue weighted by atomic mass is 10.0. The molecule has 0 spiro atoms. The van der Waals surface area contributed by atoms with E-state index < -0.39 is 23.9 Å². The highest BCUT2D eigenvalue weighted by Gasteiger charge is 2.28. The first-order chi connectivity index (χ1) is 15.4. The van der Waals surface area contributed by atoms with Gasteiger partial charge >= 0.3 is 5.97 Å². The number of nitriles is 1. The maximum atomic E-state index is 14.3. The van der Waals surface area contributed by atoms with Crippen molar-refractivity contribution in [3.8, 4) is 17.6 Å². The molecule has 0 amide bonds. The average Bonchev–Trinajstić information content (AvgIpc) is 2.78. The number of carbonyl (C=O) groups excluding carboxylic acids is 1. The molecule has 0 heterocycles. The topological polar surface area (TPSA) is 71.3 Å². The summed E-state index contributed by atoms with van der Waals surface area (Å²) in [7, 11) is 0. The smallest absolute Gasteiger partial charge is 0.330 e. The standard InChI is InChI=1S/C26H25FN2O3/c1-17(2)25(29-22-12-8-7-9-18(22)3)26(30)32-24(16-28)19-13-14-21(27)23(15-19)31-20-10-5-4-6-11-20/h4-15,17,24-25,29H,1-3H3. The summed E-state index contributed by atoms with van der Waals surface area (Å²) in [5, 5.41) is 12.9. The SMILES string of the molecule is Cc1ccccc1NC(C(=O)OC(C#N)c1ccc(F)c(Oc2ccccc2)c1)C(C)C. The fourth-order valence-electron chi connectivity index (χ4n) is 3.14. The van der Waals surface area contributed by atoms with Gasteiger partial charge in [0.2, 0.25) is 6.10 Å². The number of esters is 1. The Hall–Kier alpha value is -3.85. The van der Waals surface area contributed by atoms with Gasteiger partial charge in [-0.3, -0.25) is 0 Å². The highest BCUT2D eigenvalue weighted by molar-refractivity contribution is 5.80. The van der Waals surface area contributed by atoms with Gasteiger partial charge in [-0.15, -0.1) is 0 Å². The van der Waals surface area contributed by atoms with E-state index in [0.717, 1.165) is 11.3 Å². The minimum absolute atomic E-state index is 0.0524. The summed E-state index contributed by atoms with van der Waals surface area (Å²) in [4.78, 5) is 12.9. The average molecular weight is 432 g/mol. The predicted molar refractivity (Wildman–Crippen MR) is 121 cm³/mol. The van der Waals surface area contributed by atoms with Gasteiger partial charge in [0, 0.05) is 11.3 Å². The molecule has 3 aromatic carbocycles. The van der Waals surface area contributed by atoms with Crippen LogP contribution in [0.25, 0.3) is 0 Å². The summed E-state index contributed by atoms with van der Waals surface area (Å²) in [5.74, 6) is -0.835. The number of ether oxygens (including phenoxy) is 2. The maximum absolute atomic E-state index is 14.3. The van der Waals surface area contributed by atoms with Crippen LogP contribution in [0.15, 0.2) is 72.8 Å². The van der Waals surface area contributed by atoms with Crippen molar-refractivity contribution in [2.45, 2.75) is 32.9 Å². The quantitative estimate of drug-likeness (QED) is 0.431. The van der Waals surface area contributed by atoms with E-state index in [1.807, 2.05) is 57.2 Å². The number of nitrogens with zero attached hydrogens (tertiary/aromatic N) is 1. The summed E-state index contributed by atoms with van der Waals surface area (Å²) in [6, 6.07) is 21.7. The zero-order valence-electron chi connectivity index (χ0n) is 18.2. The van der Waals surface area contributed by atoms with Crippen molar-refractivity contribution in [3.63, 3.8) is 0 Å². The van der Waals surface area contributed by atoms with Crippen molar-refractivity contribution in [2.75, 3.05) is 5.32 Å². The van der Waals surface area contributed by atoms with Crippen molar-refractivity contribution in [1.29, 1.82) is 5.26 Å². The number of nitrogens with one attached hydrogen (secondary N) is 1. The molecule has 2 atom stereocenters. The number of carbonyl (C=O) groups is 1. The van der Waals surface area contributed by atoms with Gasteiger partial charge in [-0.05, 0) is 48.7 Å². The normalized spacial score (nSPS) is 12.5. The Morgan fingerprint density at radius 2 is 1.72 bits per heavy atom. The van der Waals surface area contributed by atoms with E-state index >= 15 is 0 Å². The molecular formula is C26H25FN2O3. The second-order valence-corrected chi connectivity index (χ2v) is 7.73. The molecule has 0 radical (unpaired) electrons. The van der Waals surface area contributed by atoms with E-state index in [2.05, 4.69) is 5.32 Å². The Labute approximate surface area is 187 Å². The Morgan fingerprint density at radius 3 is 2.38 bits per heavy atom. The monoisotopic (exact) mass is 432 g/mol. The molecule has 3 rings (SSSR count). The minimum Gasteiger partial charge on any atom is -0.454 e. The molecule has 6 heteroatoms. The Balaban J connectivity index is 1.79. The van der Waals surface area contributed by atoms with Crippen LogP contribution in [0.1, 0.15) is 31.1 Å². The molecule has 0 aliphatic carbocycles.